The summed E-state index contributed by atoms with van der Waals surface area (Å²) in [4.78, 5) is 14.8. The minimum atomic E-state index is -0.120. The van der Waals surface area contributed by atoms with Crippen molar-refractivity contribution in [1.82, 2.24) is 4.90 Å². The van der Waals surface area contributed by atoms with Crippen LogP contribution in [0.25, 0.3) is 5.57 Å². The van der Waals surface area contributed by atoms with Crippen molar-refractivity contribution >= 4 is 46.3 Å². The maximum absolute atomic E-state index is 12.9. The second-order valence-corrected chi connectivity index (χ2v) is 8.68. The van der Waals surface area contributed by atoms with Crippen molar-refractivity contribution in [3.8, 4) is 0 Å². The predicted octanol–water partition coefficient (Wildman–Crippen LogP) is 6.48. The molecule has 4 rings (SSSR count). The molecule has 2 aromatic carbocycles. The van der Waals surface area contributed by atoms with E-state index in [2.05, 4.69) is 24.8 Å². The number of carbonyl (C=O) groups excluding carboxylic acids is 1. The molecule has 1 aliphatic carbocycles. The summed E-state index contributed by atoms with van der Waals surface area (Å²) in [5.41, 5.74) is 3.19. The molecule has 1 aliphatic heterocycles. The van der Waals surface area contributed by atoms with Crippen LogP contribution in [0.2, 0.25) is 15.1 Å². The Morgan fingerprint density at radius 2 is 1.79 bits per heavy atom. The highest BCUT2D eigenvalue weighted by molar-refractivity contribution is 6.35. The van der Waals surface area contributed by atoms with Crippen molar-refractivity contribution in [3.05, 3.63) is 87.4 Å². The Morgan fingerprint density at radius 3 is 2.46 bits per heavy atom. The fourth-order valence-corrected chi connectivity index (χ4v) is 5.04. The van der Waals surface area contributed by atoms with Crippen LogP contribution in [-0.2, 0) is 4.79 Å². The lowest BCUT2D eigenvalue weighted by Crippen LogP contribution is -2.27. The van der Waals surface area contributed by atoms with Crippen molar-refractivity contribution in [3.63, 3.8) is 0 Å². The number of fused-ring (bicyclic) bond motifs is 1. The van der Waals surface area contributed by atoms with Gasteiger partial charge in [-0.25, -0.2) is 0 Å². The zero-order valence-electron chi connectivity index (χ0n) is 15.2. The van der Waals surface area contributed by atoms with Gasteiger partial charge in [0.15, 0.2) is 0 Å². The van der Waals surface area contributed by atoms with Gasteiger partial charge in [0.25, 0.3) is 0 Å². The summed E-state index contributed by atoms with van der Waals surface area (Å²) in [5.74, 6) is 0.476. The van der Waals surface area contributed by atoms with Crippen LogP contribution in [0, 0.1) is 11.8 Å². The van der Waals surface area contributed by atoms with E-state index in [1.54, 1.807) is 12.1 Å². The minimum Gasteiger partial charge on any atom is -0.338 e. The molecule has 2 aromatic rings. The molecule has 144 valence electrons. The minimum absolute atomic E-state index is 0.120. The Bertz CT molecular complexity index is 951. The first-order valence-corrected chi connectivity index (χ1v) is 10.4. The van der Waals surface area contributed by atoms with E-state index in [4.69, 9.17) is 34.8 Å². The number of likely N-dealkylation sites (tertiary alicyclic amines) is 1. The zero-order valence-corrected chi connectivity index (χ0v) is 17.5. The maximum atomic E-state index is 12.9. The summed E-state index contributed by atoms with van der Waals surface area (Å²) in [7, 11) is 0. The molecule has 1 amide bonds. The lowest BCUT2D eigenvalue weighted by Gasteiger charge is -2.31. The molecule has 0 radical (unpaired) electrons. The number of benzene rings is 2. The number of halogens is 3. The number of allylic oxidation sites excluding steroid dienone is 1. The first kappa shape index (κ1) is 19.6. The molecule has 0 bridgehead atoms. The number of hydrogen-bond donors (Lipinski definition) is 0. The third-order valence-electron chi connectivity index (χ3n) is 5.70. The lowest BCUT2D eigenvalue weighted by molar-refractivity contribution is -0.129. The summed E-state index contributed by atoms with van der Waals surface area (Å²) in [6, 6.07) is 13.5. The smallest absolute Gasteiger partial charge is 0.230 e. The molecular formula is C23H20Cl3NO. The van der Waals surface area contributed by atoms with Crippen LogP contribution in [0.4, 0.5) is 0 Å². The molecule has 3 atom stereocenters. The van der Waals surface area contributed by atoms with Crippen molar-refractivity contribution in [2.24, 2.45) is 11.8 Å². The Balaban J connectivity index is 1.80. The lowest BCUT2D eigenvalue weighted by atomic mass is 9.71. The standard InChI is InChI=1S/C23H20Cl3NO/c1-2-9-27-13-15-10-19(14-3-5-16(24)6-4-14)21(12-20(15)23(27)28)18-8-7-17(25)11-22(18)26/h2-8,11-12,15,19-20H,1,9-10,13H2/t15-,19-,20+/m1/s1. The molecule has 2 aliphatic rings. The largest absolute Gasteiger partial charge is 0.338 e. The van der Waals surface area contributed by atoms with Gasteiger partial charge >= 0.3 is 0 Å². The normalized spacial score (nSPS) is 24.1. The molecule has 0 unspecified atom stereocenters. The van der Waals surface area contributed by atoms with E-state index in [0.29, 0.717) is 21.6 Å². The number of amides is 1. The number of carbonyl (C=O) groups is 1. The van der Waals surface area contributed by atoms with E-state index in [-0.39, 0.29) is 23.7 Å². The topological polar surface area (TPSA) is 20.3 Å². The van der Waals surface area contributed by atoms with Gasteiger partial charge in [0.2, 0.25) is 5.91 Å². The summed E-state index contributed by atoms with van der Waals surface area (Å²) >= 11 is 18.7. The van der Waals surface area contributed by atoms with Gasteiger partial charge in [-0.3, -0.25) is 4.79 Å². The van der Waals surface area contributed by atoms with Gasteiger partial charge in [0.1, 0.15) is 0 Å². The summed E-state index contributed by atoms with van der Waals surface area (Å²) < 4.78 is 0. The second kappa shape index (κ2) is 7.94. The van der Waals surface area contributed by atoms with Gasteiger partial charge < -0.3 is 4.90 Å². The van der Waals surface area contributed by atoms with E-state index in [1.165, 1.54) is 5.56 Å². The quantitative estimate of drug-likeness (QED) is 0.506. The van der Waals surface area contributed by atoms with E-state index < -0.39 is 0 Å². The van der Waals surface area contributed by atoms with Crippen LogP contribution in [-0.4, -0.2) is 23.9 Å². The molecule has 2 nitrogen and oxygen atoms in total. The van der Waals surface area contributed by atoms with E-state index in [9.17, 15) is 4.79 Å². The van der Waals surface area contributed by atoms with Gasteiger partial charge in [0, 0.05) is 34.1 Å². The molecule has 1 heterocycles. The Morgan fingerprint density at radius 1 is 1.07 bits per heavy atom. The zero-order chi connectivity index (χ0) is 19.8. The van der Waals surface area contributed by atoms with Crippen molar-refractivity contribution in [1.29, 1.82) is 0 Å². The molecule has 0 saturated carbocycles. The summed E-state index contributed by atoms with van der Waals surface area (Å²) in [6.07, 6.45) is 4.79. The predicted molar refractivity (Wildman–Crippen MR) is 117 cm³/mol. The van der Waals surface area contributed by atoms with Crippen LogP contribution < -0.4 is 0 Å². The van der Waals surface area contributed by atoms with Gasteiger partial charge in [-0.15, -0.1) is 6.58 Å². The fraction of sp³-hybridized carbons (Fsp3) is 0.261. The van der Waals surface area contributed by atoms with Gasteiger partial charge in [-0.05, 0) is 53.3 Å². The molecule has 28 heavy (non-hydrogen) atoms. The average Bonchev–Trinajstić information content (AvgIpc) is 2.97. The third kappa shape index (κ3) is 3.61. The van der Waals surface area contributed by atoms with Crippen LogP contribution in [0.15, 0.2) is 61.2 Å². The Kier molecular flexibility index (Phi) is 5.55. The van der Waals surface area contributed by atoms with E-state index in [1.807, 2.05) is 29.2 Å². The Hall–Kier alpha value is -1.74. The number of nitrogens with zero attached hydrogens (tertiary/aromatic N) is 1. The molecule has 1 saturated heterocycles. The second-order valence-electron chi connectivity index (χ2n) is 7.40. The van der Waals surface area contributed by atoms with Crippen molar-refractivity contribution < 1.29 is 4.79 Å². The van der Waals surface area contributed by atoms with Gasteiger partial charge in [0.05, 0.1) is 5.92 Å². The number of rotatable bonds is 4. The number of hydrogen-bond acceptors (Lipinski definition) is 1. The first-order valence-electron chi connectivity index (χ1n) is 9.30. The van der Waals surface area contributed by atoms with E-state index >= 15 is 0 Å². The Labute approximate surface area is 180 Å². The van der Waals surface area contributed by atoms with E-state index in [0.717, 1.165) is 24.1 Å². The highest BCUT2D eigenvalue weighted by Gasteiger charge is 2.43. The molecule has 0 N–H and O–H groups in total. The molecule has 0 aromatic heterocycles. The average molecular weight is 433 g/mol. The maximum Gasteiger partial charge on any atom is 0.230 e. The summed E-state index contributed by atoms with van der Waals surface area (Å²) in [6.45, 7) is 5.12. The van der Waals surface area contributed by atoms with Crippen LogP contribution >= 0.6 is 34.8 Å². The third-order valence-corrected chi connectivity index (χ3v) is 6.50. The van der Waals surface area contributed by atoms with Crippen molar-refractivity contribution in [2.45, 2.75) is 12.3 Å². The van der Waals surface area contributed by atoms with Gasteiger partial charge in [-0.1, -0.05) is 65.2 Å². The molecule has 1 fully saturated rings. The molecule has 5 heteroatoms. The highest BCUT2D eigenvalue weighted by Crippen LogP contribution is 2.48. The SMILES string of the molecule is C=CCN1C[C@H]2C[C@H](c3ccc(Cl)cc3)C(c3ccc(Cl)cc3Cl)=C[C@@H]2C1=O. The monoisotopic (exact) mass is 431 g/mol. The summed E-state index contributed by atoms with van der Waals surface area (Å²) in [5, 5.41) is 1.91. The fourth-order valence-electron chi connectivity index (χ4n) is 4.40. The van der Waals surface area contributed by atoms with Crippen molar-refractivity contribution in [2.75, 3.05) is 13.1 Å². The molecule has 0 spiro atoms. The van der Waals surface area contributed by atoms with Crippen LogP contribution in [0.3, 0.4) is 0 Å². The first-order chi connectivity index (χ1) is 13.5. The highest BCUT2D eigenvalue weighted by atomic mass is 35.5. The van der Waals surface area contributed by atoms with Gasteiger partial charge in [-0.2, -0.15) is 0 Å². The molecular weight excluding hydrogens is 413 g/mol. The van der Waals surface area contributed by atoms with Crippen LogP contribution in [0.1, 0.15) is 23.5 Å². The van der Waals surface area contributed by atoms with Crippen LogP contribution in [0.5, 0.6) is 0 Å².